The van der Waals surface area contributed by atoms with Crippen LogP contribution in [-0.4, -0.2) is 22.4 Å². The minimum atomic E-state index is -0.0734. The van der Waals surface area contributed by atoms with E-state index in [4.69, 9.17) is 0 Å². The van der Waals surface area contributed by atoms with E-state index in [1.807, 2.05) is 0 Å². The van der Waals surface area contributed by atoms with Gasteiger partial charge in [0, 0.05) is 0 Å². The quantitative estimate of drug-likeness (QED) is 0.650. The van der Waals surface area contributed by atoms with Crippen molar-refractivity contribution in [2.24, 2.45) is 0 Å². The molecule has 1 fully saturated rings. The van der Waals surface area contributed by atoms with Gasteiger partial charge in [-0.15, -0.1) is 0 Å². The van der Waals surface area contributed by atoms with Gasteiger partial charge in [0.05, 0.1) is 12.2 Å². The Kier molecular flexibility index (Phi) is 7.03. The summed E-state index contributed by atoms with van der Waals surface area (Å²) >= 11 is 0. The molecule has 0 aromatic heterocycles. The largest absolute Gasteiger partial charge is 0.393 e. The molecule has 0 heterocycles. The Bertz CT molecular complexity index is 131. The molecule has 0 aromatic rings. The molecular formula is C13H26O2. The van der Waals surface area contributed by atoms with Gasteiger partial charge < -0.3 is 10.2 Å². The predicted octanol–water partition coefficient (Wildman–Crippen LogP) is 3.01. The zero-order chi connectivity index (χ0) is 10.9. The van der Waals surface area contributed by atoms with E-state index in [2.05, 4.69) is 0 Å². The van der Waals surface area contributed by atoms with E-state index in [0.29, 0.717) is 0 Å². The molecule has 1 rings (SSSR count). The van der Waals surface area contributed by atoms with Crippen molar-refractivity contribution in [1.29, 1.82) is 0 Å². The Hall–Kier alpha value is -0.0800. The molecule has 1 aliphatic carbocycles. The van der Waals surface area contributed by atoms with Crippen LogP contribution in [0, 0.1) is 0 Å². The first kappa shape index (κ1) is 13.0. The first-order chi connectivity index (χ1) is 7.29. The fourth-order valence-corrected chi connectivity index (χ4v) is 2.34. The molecule has 2 unspecified atom stereocenters. The summed E-state index contributed by atoms with van der Waals surface area (Å²) in [5.41, 5.74) is 0. The van der Waals surface area contributed by atoms with E-state index in [-0.39, 0.29) is 12.2 Å². The molecule has 15 heavy (non-hydrogen) atoms. The van der Waals surface area contributed by atoms with E-state index >= 15 is 0 Å². The van der Waals surface area contributed by atoms with Gasteiger partial charge in [-0.3, -0.25) is 0 Å². The lowest BCUT2D eigenvalue weighted by Crippen LogP contribution is -2.06. The van der Waals surface area contributed by atoms with Crippen molar-refractivity contribution < 1.29 is 10.2 Å². The summed E-state index contributed by atoms with van der Waals surface area (Å²) < 4.78 is 0. The molecule has 0 spiro atoms. The summed E-state index contributed by atoms with van der Waals surface area (Å²) in [7, 11) is 0. The topological polar surface area (TPSA) is 40.5 Å². The van der Waals surface area contributed by atoms with Gasteiger partial charge in [-0.1, -0.05) is 44.9 Å². The Balaban J connectivity index is 2.20. The molecule has 2 heteroatoms. The molecule has 2 atom stereocenters. The van der Waals surface area contributed by atoms with Crippen LogP contribution in [0.2, 0.25) is 0 Å². The van der Waals surface area contributed by atoms with Gasteiger partial charge in [-0.25, -0.2) is 0 Å². The maximum absolute atomic E-state index is 9.67. The second kappa shape index (κ2) is 8.12. The van der Waals surface area contributed by atoms with Crippen LogP contribution in [0.4, 0.5) is 0 Å². The lowest BCUT2D eigenvalue weighted by atomic mass is 10.0. The Morgan fingerprint density at radius 1 is 0.467 bits per heavy atom. The minimum absolute atomic E-state index is 0.0734. The Labute approximate surface area is 93.7 Å². The zero-order valence-corrected chi connectivity index (χ0v) is 9.83. The second-order valence-corrected chi connectivity index (χ2v) is 4.94. The van der Waals surface area contributed by atoms with Gasteiger partial charge >= 0.3 is 0 Å². The molecule has 0 aliphatic heterocycles. The van der Waals surface area contributed by atoms with Crippen LogP contribution in [0.15, 0.2) is 0 Å². The SMILES string of the molecule is OC1CCCCCCC(O)CCCCC1. The summed E-state index contributed by atoms with van der Waals surface area (Å²) in [6.07, 6.45) is 11.8. The van der Waals surface area contributed by atoms with Crippen LogP contribution in [0.1, 0.15) is 70.6 Å². The maximum atomic E-state index is 9.67. The molecule has 2 nitrogen and oxygen atoms in total. The third-order valence-corrected chi connectivity index (χ3v) is 3.40. The second-order valence-electron chi connectivity index (χ2n) is 4.94. The molecule has 0 bridgehead atoms. The number of aliphatic hydroxyl groups excluding tert-OH is 2. The number of rotatable bonds is 0. The van der Waals surface area contributed by atoms with Crippen LogP contribution >= 0.6 is 0 Å². The third kappa shape index (κ3) is 6.91. The fraction of sp³-hybridized carbons (Fsp3) is 1.00. The molecule has 0 amide bonds. The van der Waals surface area contributed by atoms with E-state index < -0.39 is 0 Å². The van der Waals surface area contributed by atoms with Crippen LogP contribution in [0.5, 0.6) is 0 Å². The smallest absolute Gasteiger partial charge is 0.0540 e. The Morgan fingerprint density at radius 3 is 1.07 bits per heavy atom. The van der Waals surface area contributed by atoms with Gasteiger partial charge in [0.15, 0.2) is 0 Å². The van der Waals surface area contributed by atoms with E-state index in [0.717, 1.165) is 57.8 Å². The van der Waals surface area contributed by atoms with Gasteiger partial charge in [0.25, 0.3) is 0 Å². The molecule has 0 aromatic carbocycles. The van der Waals surface area contributed by atoms with Crippen LogP contribution in [-0.2, 0) is 0 Å². The predicted molar refractivity (Wildman–Crippen MR) is 62.8 cm³/mol. The first-order valence-electron chi connectivity index (χ1n) is 6.65. The standard InChI is InChI=1S/C13H26O2/c14-12-8-4-1-2-5-9-13(15)11-7-3-6-10-12/h12-15H,1-11H2. The van der Waals surface area contributed by atoms with Crippen molar-refractivity contribution in [3.8, 4) is 0 Å². The highest BCUT2D eigenvalue weighted by molar-refractivity contribution is 4.61. The van der Waals surface area contributed by atoms with Crippen molar-refractivity contribution >= 4 is 0 Å². The fourth-order valence-electron chi connectivity index (χ4n) is 2.34. The maximum Gasteiger partial charge on any atom is 0.0540 e. The molecule has 1 saturated carbocycles. The highest BCUT2D eigenvalue weighted by Crippen LogP contribution is 2.16. The Morgan fingerprint density at radius 2 is 0.733 bits per heavy atom. The van der Waals surface area contributed by atoms with E-state index in [9.17, 15) is 10.2 Å². The molecule has 0 saturated heterocycles. The number of aliphatic hydroxyl groups is 2. The minimum Gasteiger partial charge on any atom is -0.393 e. The number of hydrogen-bond acceptors (Lipinski definition) is 2. The highest BCUT2D eigenvalue weighted by atomic mass is 16.3. The van der Waals surface area contributed by atoms with Crippen LogP contribution < -0.4 is 0 Å². The number of hydrogen-bond donors (Lipinski definition) is 2. The van der Waals surface area contributed by atoms with Crippen LogP contribution in [0.3, 0.4) is 0 Å². The molecule has 90 valence electrons. The summed E-state index contributed by atoms with van der Waals surface area (Å²) in [6.45, 7) is 0. The van der Waals surface area contributed by atoms with Gasteiger partial charge in [-0.2, -0.15) is 0 Å². The molecular weight excluding hydrogens is 188 g/mol. The monoisotopic (exact) mass is 214 g/mol. The van der Waals surface area contributed by atoms with Crippen molar-refractivity contribution in [3.63, 3.8) is 0 Å². The van der Waals surface area contributed by atoms with Crippen molar-refractivity contribution in [1.82, 2.24) is 0 Å². The summed E-state index contributed by atoms with van der Waals surface area (Å²) in [5, 5.41) is 19.3. The van der Waals surface area contributed by atoms with E-state index in [1.54, 1.807) is 0 Å². The van der Waals surface area contributed by atoms with Gasteiger partial charge in [0.2, 0.25) is 0 Å². The van der Waals surface area contributed by atoms with Crippen molar-refractivity contribution in [3.05, 3.63) is 0 Å². The summed E-state index contributed by atoms with van der Waals surface area (Å²) in [6, 6.07) is 0. The highest BCUT2D eigenvalue weighted by Gasteiger charge is 2.07. The van der Waals surface area contributed by atoms with Crippen molar-refractivity contribution in [2.45, 2.75) is 82.8 Å². The average Bonchev–Trinajstić information content (AvgIpc) is 2.23. The molecule has 2 N–H and O–H groups in total. The molecule has 1 aliphatic rings. The van der Waals surface area contributed by atoms with Gasteiger partial charge in [0.1, 0.15) is 0 Å². The lowest BCUT2D eigenvalue weighted by Gasteiger charge is -2.09. The lowest BCUT2D eigenvalue weighted by molar-refractivity contribution is 0.144. The first-order valence-corrected chi connectivity index (χ1v) is 6.65. The summed E-state index contributed by atoms with van der Waals surface area (Å²) in [4.78, 5) is 0. The normalized spacial score (nSPS) is 32.4. The average molecular weight is 214 g/mol. The van der Waals surface area contributed by atoms with Crippen molar-refractivity contribution in [2.75, 3.05) is 0 Å². The zero-order valence-electron chi connectivity index (χ0n) is 9.83. The van der Waals surface area contributed by atoms with Gasteiger partial charge in [-0.05, 0) is 25.7 Å². The third-order valence-electron chi connectivity index (χ3n) is 3.40. The molecule has 0 radical (unpaired) electrons. The van der Waals surface area contributed by atoms with Crippen LogP contribution in [0.25, 0.3) is 0 Å². The summed E-state index contributed by atoms with van der Waals surface area (Å²) in [5.74, 6) is 0. The van der Waals surface area contributed by atoms with E-state index in [1.165, 1.54) is 12.8 Å².